The summed E-state index contributed by atoms with van der Waals surface area (Å²) in [5.74, 6) is 1.01. The second-order valence-electron chi connectivity index (χ2n) is 5.82. The number of hydrogen-bond donors (Lipinski definition) is 1. The molecule has 0 aliphatic carbocycles. The predicted octanol–water partition coefficient (Wildman–Crippen LogP) is 4.76. The topological polar surface area (TPSA) is 12.0 Å². The van der Waals surface area contributed by atoms with E-state index in [4.69, 9.17) is 11.6 Å². The SMILES string of the molecule is CCc1ccc(C2CCNCC2c2ccccc2Cl)cc1. The molecule has 0 amide bonds. The predicted molar refractivity (Wildman–Crippen MR) is 90.2 cm³/mol. The molecule has 2 heteroatoms. The Bertz CT molecular complexity index is 591. The molecule has 21 heavy (non-hydrogen) atoms. The minimum Gasteiger partial charge on any atom is -0.316 e. The van der Waals surface area contributed by atoms with Crippen LogP contribution in [0.15, 0.2) is 48.5 Å². The summed E-state index contributed by atoms with van der Waals surface area (Å²) in [5, 5.41) is 4.41. The fraction of sp³-hybridized carbons (Fsp3) is 0.368. The molecular weight excluding hydrogens is 278 g/mol. The number of halogens is 1. The van der Waals surface area contributed by atoms with E-state index in [9.17, 15) is 0 Å². The summed E-state index contributed by atoms with van der Waals surface area (Å²) in [6, 6.07) is 17.4. The van der Waals surface area contributed by atoms with E-state index in [0.29, 0.717) is 11.8 Å². The van der Waals surface area contributed by atoms with Crippen molar-refractivity contribution in [2.75, 3.05) is 13.1 Å². The maximum Gasteiger partial charge on any atom is 0.0441 e. The quantitative estimate of drug-likeness (QED) is 0.861. The molecule has 1 nitrogen and oxygen atoms in total. The lowest BCUT2D eigenvalue weighted by Gasteiger charge is -2.33. The normalized spacial score (nSPS) is 22.2. The van der Waals surface area contributed by atoms with Crippen molar-refractivity contribution < 1.29 is 0 Å². The first-order valence-corrected chi connectivity index (χ1v) is 8.21. The summed E-state index contributed by atoms with van der Waals surface area (Å²) >= 11 is 6.43. The summed E-state index contributed by atoms with van der Waals surface area (Å²) in [7, 11) is 0. The van der Waals surface area contributed by atoms with E-state index in [0.717, 1.165) is 24.5 Å². The van der Waals surface area contributed by atoms with Crippen LogP contribution in [0.5, 0.6) is 0 Å². The molecule has 0 radical (unpaired) electrons. The van der Waals surface area contributed by atoms with Crippen LogP contribution in [0.3, 0.4) is 0 Å². The Labute approximate surface area is 132 Å². The fourth-order valence-electron chi connectivity index (χ4n) is 3.36. The van der Waals surface area contributed by atoms with Crippen LogP contribution in [-0.2, 0) is 6.42 Å². The Kier molecular flexibility index (Phi) is 4.62. The standard InChI is InChI=1S/C19H22ClN/c1-2-14-7-9-15(10-8-14)16-11-12-21-13-18(16)17-5-3-4-6-19(17)20/h3-10,16,18,21H,2,11-13H2,1H3. The maximum atomic E-state index is 6.43. The van der Waals surface area contributed by atoms with Gasteiger partial charge in [-0.25, -0.2) is 0 Å². The molecule has 1 saturated heterocycles. The van der Waals surface area contributed by atoms with Crippen LogP contribution >= 0.6 is 11.6 Å². The molecule has 1 aliphatic rings. The summed E-state index contributed by atoms with van der Waals surface area (Å²) in [5.41, 5.74) is 4.12. The highest BCUT2D eigenvalue weighted by Gasteiger charge is 2.28. The summed E-state index contributed by atoms with van der Waals surface area (Å²) < 4.78 is 0. The van der Waals surface area contributed by atoms with Gasteiger partial charge in [0, 0.05) is 17.5 Å². The highest BCUT2D eigenvalue weighted by Crippen LogP contribution is 2.39. The molecule has 2 aromatic carbocycles. The number of piperidine rings is 1. The molecule has 1 aliphatic heterocycles. The van der Waals surface area contributed by atoms with Gasteiger partial charge in [0.15, 0.2) is 0 Å². The molecule has 3 rings (SSSR count). The second kappa shape index (κ2) is 6.64. The zero-order valence-corrected chi connectivity index (χ0v) is 13.2. The Hall–Kier alpha value is -1.31. The van der Waals surface area contributed by atoms with E-state index in [1.807, 2.05) is 12.1 Å². The Morgan fingerprint density at radius 3 is 2.52 bits per heavy atom. The van der Waals surface area contributed by atoms with Crippen LogP contribution in [0, 0.1) is 0 Å². The molecule has 110 valence electrons. The zero-order valence-electron chi connectivity index (χ0n) is 12.5. The molecule has 1 fully saturated rings. The van der Waals surface area contributed by atoms with Gasteiger partial charge in [0.2, 0.25) is 0 Å². The van der Waals surface area contributed by atoms with Crippen LogP contribution in [0.4, 0.5) is 0 Å². The van der Waals surface area contributed by atoms with Gasteiger partial charge in [0.1, 0.15) is 0 Å². The van der Waals surface area contributed by atoms with Crippen molar-refractivity contribution in [3.05, 3.63) is 70.2 Å². The minimum absolute atomic E-state index is 0.458. The third-order valence-electron chi connectivity index (χ3n) is 4.60. The van der Waals surface area contributed by atoms with Crippen molar-refractivity contribution in [2.45, 2.75) is 31.6 Å². The molecule has 0 saturated carbocycles. The molecule has 0 spiro atoms. The van der Waals surface area contributed by atoms with Crippen LogP contribution < -0.4 is 5.32 Å². The first kappa shape index (κ1) is 14.6. The number of hydrogen-bond acceptors (Lipinski definition) is 1. The Morgan fingerprint density at radius 2 is 1.81 bits per heavy atom. The van der Waals surface area contributed by atoms with Gasteiger partial charge >= 0.3 is 0 Å². The lowest BCUT2D eigenvalue weighted by Crippen LogP contribution is -2.34. The van der Waals surface area contributed by atoms with E-state index < -0.39 is 0 Å². The van der Waals surface area contributed by atoms with E-state index in [1.54, 1.807) is 0 Å². The van der Waals surface area contributed by atoms with Crippen molar-refractivity contribution in [1.82, 2.24) is 5.32 Å². The average molecular weight is 300 g/mol. The van der Waals surface area contributed by atoms with Gasteiger partial charge in [-0.15, -0.1) is 0 Å². The maximum absolute atomic E-state index is 6.43. The number of nitrogens with one attached hydrogen (secondary N) is 1. The van der Waals surface area contributed by atoms with Gasteiger partial charge in [-0.1, -0.05) is 61.0 Å². The molecular formula is C19H22ClN. The molecule has 1 N–H and O–H groups in total. The van der Waals surface area contributed by atoms with Crippen LogP contribution in [0.1, 0.15) is 41.9 Å². The van der Waals surface area contributed by atoms with E-state index in [-0.39, 0.29) is 0 Å². The van der Waals surface area contributed by atoms with Crippen molar-refractivity contribution >= 4 is 11.6 Å². The third kappa shape index (κ3) is 3.14. The van der Waals surface area contributed by atoms with E-state index >= 15 is 0 Å². The number of aryl methyl sites for hydroxylation is 1. The third-order valence-corrected chi connectivity index (χ3v) is 4.95. The van der Waals surface area contributed by atoms with Gasteiger partial charge < -0.3 is 5.32 Å². The molecule has 0 aromatic heterocycles. The molecule has 0 bridgehead atoms. The van der Waals surface area contributed by atoms with Crippen molar-refractivity contribution in [1.29, 1.82) is 0 Å². The van der Waals surface area contributed by atoms with E-state index in [2.05, 4.69) is 48.6 Å². The smallest absolute Gasteiger partial charge is 0.0441 e. The van der Waals surface area contributed by atoms with Crippen LogP contribution in [-0.4, -0.2) is 13.1 Å². The molecule has 2 atom stereocenters. The fourth-order valence-corrected chi connectivity index (χ4v) is 3.64. The molecule has 2 aromatic rings. The van der Waals surface area contributed by atoms with Crippen molar-refractivity contribution in [3.63, 3.8) is 0 Å². The Balaban J connectivity index is 1.92. The summed E-state index contributed by atoms with van der Waals surface area (Å²) in [6.07, 6.45) is 2.27. The monoisotopic (exact) mass is 299 g/mol. The summed E-state index contributed by atoms with van der Waals surface area (Å²) in [6.45, 7) is 4.29. The lowest BCUT2D eigenvalue weighted by molar-refractivity contribution is 0.404. The lowest BCUT2D eigenvalue weighted by atomic mass is 9.77. The summed E-state index contributed by atoms with van der Waals surface area (Å²) in [4.78, 5) is 0. The average Bonchev–Trinajstić information content (AvgIpc) is 2.55. The number of benzene rings is 2. The second-order valence-corrected chi connectivity index (χ2v) is 6.23. The highest BCUT2D eigenvalue weighted by atomic mass is 35.5. The van der Waals surface area contributed by atoms with Gasteiger partial charge in [-0.3, -0.25) is 0 Å². The van der Waals surface area contributed by atoms with Crippen LogP contribution in [0.25, 0.3) is 0 Å². The molecule has 2 unspecified atom stereocenters. The van der Waals surface area contributed by atoms with Gasteiger partial charge in [0.05, 0.1) is 0 Å². The molecule has 1 heterocycles. The minimum atomic E-state index is 0.458. The number of rotatable bonds is 3. The van der Waals surface area contributed by atoms with E-state index in [1.165, 1.54) is 23.1 Å². The highest BCUT2D eigenvalue weighted by molar-refractivity contribution is 6.31. The van der Waals surface area contributed by atoms with Gasteiger partial charge in [-0.2, -0.15) is 0 Å². The van der Waals surface area contributed by atoms with Gasteiger partial charge in [0.25, 0.3) is 0 Å². The van der Waals surface area contributed by atoms with Crippen molar-refractivity contribution in [2.24, 2.45) is 0 Å². The Morgan fingerprint density at radius 1 is 1.05 bits per heavy atom. The first-order chi connectivity index (χ1) is 10.3. The zero-order chi connectivity index (χ0) is 14.7. The largest absolute Gasteiger partial charge is 0.316 e. The van der Waals surface area contributed by atoms with Crippen LogP contribution in [0.2, 0.25) is 5.02 Å². The van der Waals surface area contributed by atoms with Crippen molar-refractivity contribution in [3.8, 4) is 0 Å². The van der Waals surface area contributed by atoms with Gasteiger partial charge in [-0.05, 0) is 48.1 Å². The first-order valence-electron chi connectivity index (χ1n) is 7.83.